The average molecular weight is 162 g/mol. The van der Waals surface area contributed by atoms with Gasteiger partial charge in [0.05, 0.1) is 13.2 Å². The number of rotatable bonds is 7. The van der Waals surface area contributed by atoms with E-state index in [4.69, 9.17) is 9.84 Å². The van der Waals surface area contributed by atoms with Crippen LogP contribution in [0.15, 0.2) is 0 Å². The molecule has 0 saturated heterocycles. The highest BCUT2D eigenvalue weighted by atomic mass is 16.5. The van der Waals surface area contributed by atoms with Gasteiger partial charge in [0.25, 0.3) is 0 Å². The lowest BCUT2D eigenvalue weighted by Crippen LogP contribution is -2.29. The van der Waals surface area contributed by atoms with Crippen LogP contribution in [0.3, 0.4) is 0 Å². The molecule has 0 aliphatic heterocycles. The maximum Gasteiger partial charge on any atom is 0.102 e. The van der Waals surface area contributed by atoms with Crippen LogP contribution in [0.4, 0.5) is 0 Å². The second-order valence-corrected chi connectivity index (χ2v) is 2.35. The number of ether oxygens (including phenoxy) is 1. The van der Waals surface area contributed by atoms with E-state index < -0.39 is 6.23 Å². The molecule has 1 atom stereocenters. The van der Waals surface area contributed by atoms with Crippen molar-refractivity contribution in [1.82, 2.24) is 10.6 Å². The van der Waals surface area contributed by atoms with Crippen LogP contribution in [-0.2, 0) is 4.74 Å². The Balaban J connectivity index is 2.80. The Morgan fingerprint density at radius 3 is 2.55 bits per heavy atom. The molecule has 0 spiro atoms. The van der Waals surface area contributed by atoms with Gasteiger partial charge in [0, 0.05) is 13.1 Å². The molecule has 0 aromatic heterocycles. The third-order valence-electron chi connectivity index (χ3n) is 1.18. The van der Waals surface area contributed by atoms with E-state index in [2.05, 4.69) is 10.6 Å². The molecule has 3 N–H and O–H groups in total. The summed E-state index contributed by atoms with van der Waals surface area (Å²) in [6, 6.07) is 0. The van der Waals surface area contributed by atoms with E-state index in [1.165, 1.54) is 0 Å². The number of aliphatic hydroxyl groups is 1. The first-order valence-electron chi connectivity index (χ1n) is 3.91. The lowest BCUT2D eigenvalue weighted by atomic mass is 10.6. The van der Waals surface area contributed by atoms with Crippen molar-refractivity contribution in [2.24, 2.45) is 0 Å². The van der Waals surface area contributed by atoms with Gasteiger partial charge in [-0.2, -0.15) is 0 Å². The molecule has 68 valence electrons. The van der Waals surface area contributed by atoms with Crippen LogP contribution in [-0.4, -0.2) is 44.7 Å². The quantitative estimate of drug-likeness (QED) is 0.337. The van der Waals surface area contributed by atoms with Crippen molar-refractivity contribution in [1.29, 1.82) is 0 Å². The summed E-state index contributed by atoms with van der Waals surface area (Å²) >= 11 is 0. The van der Waals surface area contributed by atoms with E-state index >= 15 is 0 Å². The van der Waals surface area contributed by atoms with Crippen LogP contribution >= 0.6 is 0 Å². The zero-order valence-electron chi connectivity index (χ0n) is 7.26. The van der Waals surface area contributed by atoms with Gasteiger partial charge in [-0.05, 0) is 14.0 Å². The molecule has 0 radical (unpaired) electrons. The lowest BCUT2D eigenvalue weighted by Gasteiger charge is -2.07. The minimum absolute atomic E-state index is 0.442. The Labute approximate surface area is 67.9 Å². The molecule has 4 heteroatoms. The van der Waals surface area contributed by atoms with E-state index in [9.17, 15) is 0 Å². The minimum Gasteiger partial charge on any atom is -0.379 e. The fourth-order valence-corrected chi connectivity index (χ4v) is 0.616. The molecular formula is C7H18N2O2. The fraction of sp³-hybridized carbons (Fsp3) is 1.00. The van der Waals surface area contributed by atoms with Gasteiger partial charge in [0.1, 0.15) is 6.23 Å². The van der Waals surface area contributed by atoms with Gasteiger partial charge in [0.15, 0.2) is 0 Å². The maximum atomic E-state index is 8.78. The summed E-state index contributed by atoms with van der Waals surface area (Å²) < 4.78 is 5.19. The van der Waals surface area contributed by atoms with E-state index in [1.807, 2.05) is 7.05 Å². The van der Waals surface area contributed by atoms with Crippen LogP contribution in [0.5, 0.6) is 0 Å². The Morgan fingerprint density at radius 1 is 1.36 bits per heavy atom. The molecule has 0 heterocycles. The van der Waals surface area contributed by atoms with Crippen LogP contribution in [0, 0.1) is 0 Å². The third kappa shape index (κ3) is 9.84. The van der Waals surface area contributed by atoms with Crippen molar-refractivity contribution in [3.05, 3.63) is 0 Å². The average Bonchev–Trinajstić information content (AvgIpc) is 1.96. The summed E-state index contributed by atoms with van der Waals surface area (Å²) in [5.74, 6) is 0. The molecule has 11 heavy (non-hydrogen) atoms. The van der Waals surface area contributed by atoms with Gasteiger partial charge < -0.3 is 15.2 Å². The molecule has 0 aliphatic rings. The van der Waals surface area contributed by atoms with Crippen molar-refractivity contribution >= 4 is 0 Å². The second-order valence-electron chi connectivity index (χ2n) is 2.35. The third-order valence-corrected chi connectivity index (χ3v) is 1.18. The zero-order valence-corrected chi connectivity index (χ0v) is 7.26. The number of hydrogen-bond donors (Lipinski definition) is 3. The van der Waals surface area contributed by atoms with Gasteiger partial charge in [0.2, 0.25) is 0 Å². The van der Waals surface area contributed by atoms with Crippen molar-refractivity contribution in [3.63, 3.8) is 0 Å². The zero-order chi connectivity index (χ0) is 8.53. The molecule has 0 bridgehead atoms. The van der Waals surface area contributed by atoms with Crippen LogP contribution in [0.1, 0.15) is 6.92 Å². The Morgan fingerprint density at radius 2 is 2.00 bits per heavy atom. The van der Waals surface area contributed by atoms with E-state index in [1.54, 1.807) is 6.92 Å². The van der Waals surface area contributed by atoms with Gasteiger partial charge in [-0.25, -0.2) is 0 Å². The van der Waals surface area contributed by atoms with Gasteiger partial charge in [-0.1, -0.05) is 0 Å². The van der Waals surface area contributed by atoms with E-state index in [0.717, 1.165) is 13.2 Å². The summed E-state index contributed by atoms with van der Waals surface area (Å²) in [4.78, 5) is 0. The molecule has 1 unspecified atom stereocenters. The van der Waals surface area contributed by atoms with E-state index in [0.29, 0.717) is 13.2 Å². The summed E-state index contributed by atoms with van der Waals surface area (Å²) in [6.45, 7) is 4.62. The van der Waals surface area contributed by atoms with Crippen molar-refractivity contribution in [2.75, 3.05) is 33.4 Å². The molecule has 0 rings (SSSR count). The van der Waals surface area contributed by atoms with Crippen molar-refractivity contribution in [3.8, 4) is 0 Å². The van der Waals surface area contributed by atoms with Crippen LogP contribution < -0.4 is 10.6 Å². The highest BCUT2D eigenvalue weighted by Crippen LogP contribution is 1.74. The Hall–Kier alpha value is -0.160. The first kappa shape index (κ1) is 10.8. The molecule has 0 aromatic carbocycles. The molecule has 0 aliphatic carbocycles. The highest BCUT2D eigenvalue weighted by Gasteiger charge is 1.91. The monoisotopic (exact) mass is 162 g/mol. The second kappa shape index (κ2) is 7.94. The fourth-order valence-electron chi connectivity index (χ4n) is 0.616. The molecule has 0 aromatic rings. The largest absolute Gasteiger partial charge is 0.379 e. The number of hydrogen-bond acceptors (Lipinski definition) is 4. The lowest BCUT2D eigenvalue weighted by molar-refractivity contribution is 0.109. The number of aliphatic hydroxyl groups excluding tert-OH is 1. The Bertz CT molecular complexity index is 78.8. The standard InChI is InChI=1S/C7H18N2O2/c1-7(10)9-4-6-11-5-3-8-2/h7-10H,3-6H2,1-2H3. The summed E-state index contributed by atoms with van der Waals surface area (Å²) in [7, 11) is 1.89. The molecular weight excluding hydrogens is 144 g/mol. The first-order chi connectivity index (χ1) is 5.27. The smallest absolute Gasteiger partial charge is 0.102 e. The summed E-state index contributed by atoms with van der Waals surface area (Å²) in [5, 5.41) is 14.6. The van der Waals surface area contributed by atoms with Crippen LogP contribution in [0.2, 0.25) is 0 Å². The summed E-state index contributed by atoms with van der Waals surface area (Å²) in [5.41, 5.74) is 0. The van der Waals surface area contributed by atoms with Crippen molar-refractivity contribution in [2.45, 2.75) is 13.2 Å². The first-order valence-corrected chi connectivity index (χ1v) is 3.91. The molecule has 0 amide bonds. The SMILES string of the molecule is CNCCOCCNC(C)O. The van der Waals surface area contributed by atoms with E-state index in [-0.39, 0.29) is 0 Å². The van der Waals surface area contributed by atoms with Gasteiger partial charge >= 0.3 is 0 Å². The van der Waals surface area contributed by atoms with Crippen molar-refractivity contribution < 1.29 is 9.84 Å². The molecule has 0 fully saturated rings. The molecule has 0 saturated carbocycles. The van der Waals surface area contributed by atoms with Crippen LogP contribution in [0.25, 0.3) is 0 Å². The minimum atomic E-state index is -0.442. The number of nitrogens with one attached hydrogen (secondary N) is 2. The Kier molecular flexibility index (Phi) is 7.83. The normalized spacial score (nSPS) is 13.4. The van der Waals surface area contributed by atoms with Gasteiger partial charge in [-0.3, -0.25) is 5.32 Å². The predicted octanol–water partition coefficient (Wildman–Crippen LogP) is -0.850. The topological polar surface area (TPSA) is 53.5 Å². The predicted molar refractivity (Wildman–Crippen MR) is 44.4 cm³/mol. The molecule has 4 nitrogen and oxygen atoms in total. The maximum absolute atomic E-state index is 8.78. The summed E-state index contributed by atoms with van der Waals surface area (Å²) in [6.07, 6.45) is -0.442. The van der Waals surface area contributed by atoms with Gasteiger partial charge in [-0.15, -0.1) is 0 Å². The number of likely N-dealkylation sites (N-methyl/N-ethyl adjacent to an activating group) is 1. The highest BCUT2D eigenvalue weighted by molar-refractivity contribution is 4.45.